The number of carboxylic acid groups (broad SMARTS) is 1. The summed E-state index contributed by atoms with van der Waals surface area (Å²) >= 11 is 0. The lowest BCUT2D eigenvalue weighted by molar-refractivity contribution is -0.140. The zero-order valence-corrected chi connectivity index (χ0v) is 9.02. The molecule has 1 heterocycles. The maximum Gasteiger partial charge on any atom is 0.324 e. The van der Waals surface area contributed by atoms with E-state index in [1.165, 1.54) is 5.56 Å². The number of fused-ring (bicyclic) bond motifs is 1. The van der Waals surface area contributed by atoms with Crippen molar-refractivity contribution in [2.24, 2.45) is 11.8 Å². The summed E-state index contributed by atoms with van der Waals surface area (Å²) in [4.78, 5) is 11.1. The van der Waals surface area contributed by atoms with Crippen LogP contribution >= 0.6 is 0 Å². The SMILES string of the molecule is O=C(O)[C@@]12C[C@@H]1[C@@H](Cc1ccccc1)CN2. The van der Waals surface area contributed by atoms with Crippen molar-refractivity contribution in [2.45, 2.75) is 18.4 Å². The topological polar surface area (TPSA) is 49.3 Å². The van der Waals surface area contributed by atoms with Crippen LogP contribution in [-0.2, 0) is 11.2 Å². The molecule has 1 aliphatic heterocycles. The minimum Gasteiger partial charge on any atom is -0.480 e. The van der Waals surface area contributed by atoms with Gasteiger partial charge >= 0.3 is 5.97 Å². The van der Waals surface area contributed by atoms with Crippen LogP contribution in [0.2, 0.25) is 0 Å². The molecule has 3 heteroatoms. The molecular formula is C13H15NO2. The number of benzene rings is 1. The van der Waals surface area contributed by atoms with Crippen LogP contribution in [-0.4, -0.2) is 23.2 Å². The van der Waals surface area contributed by atoms with Gasteiger partial charge in [0, 0.05) is 0 Å². The van der Waals surface area contributed by atoms with Gasteiger partial charge in [-0.05, 0) is 36.8 Å². The van der Waals surface area contributed by atoms with E-state index in [0.717, 1.165) is 19.4 Å². The van der Waals surface area contributed by atoms with Crippen LogP contribution in [0.25, 0.3) is 0 Å². The summed E-state index contributed by atoms with van der Waals surface area (Å²) in [6.45, 7) is 0.839. The zero-order chi connectivity index (χ0) is 11.2. The third kappa shape index (κ3) is 1.35. The van der Waals surface area contributed by atoms with Crippen LogP contribution in [0, 0.1) is 11.8 Å². The van der Waals surface area contributed by atoms with Crippen molar-refractivity contribution in [3.05, 3.63) is 35.9 Å². The van der Waals surface area contributed by atoms with E-state index in [0.29, 0.717) is 11.8 Å². The van der Waals surface area contributed by atoms with Gasteiger partial charge in [0.15, 0.2) is 0 Å². The van der Waals surface area contributed by atoms with Crippen molar-refractivity contribution in [3.8, 4) is 0 Å². The van der Waals surface area contributed by atoms with Gasteiger partial charge < -0.3 is 10.4 Å². The highest BCUT2D eigenvalue weighted by molar-refractivity contribution is 5.84. The number of carboxylic acids is 1. The van der Waals surface area contributed by atoms with Gasteiger partial charge in [0.1, 0.15) is 5.54 Å². The van der Waals surface area contributed by atoms with Gasteiger partial charge in [-0.1, -0.05) is 30.3 Å². The Morgan fingerprint density at radius 3 is 2.75 bits per heavy atom. The first kappa shape index (κ1) is 9.85. The highest BCUT2D eigenvalue weighted by Gasteiger charge is 2.66. The van der Waals surface area contributed by atoms with Crippen molar-refractivity contribution < 1.29 is 9.90 Å². The van der Waals surface area contributed by atoms with Crippen LogP contribution in [0.4, 0.5) is 0 Å². The van der Waals surface area contributed by atoms with E-state index in [4.69, 9.17) is 5.11 Å². The van der Waals surface area contributed by atoms with Crippen LogP contribution < -0.4 is 5.32 Å². The predicted octanol–water partition coefficient (Wildman–Crippen LogP) is 1.29. The number of piperidine rings is 1. The monoisotopic (exact) mass is 217 g/mol. The van der Waals surface area contributed by atoms with Gasteiger partial charge in [0.05, 0.1) is 0 Å². The number of hydrogen-bond donors (Lipinski definition) is 2. The van der Waals surface area contributed by atoms with Gasteiger partial charge in [-0.3, -0.25) is 4.79 Å². The van der Waals surface area contributed by atoms with Crippen molar-refractivity contribution >= 4 is 5.97 Å². The molecule has 0 unspecified atom stereocenters. The first-order valence-electron chi connectivity index (χ1n) is 5.75. The van der Waals surface area contributed by atoms with E-state index in [-0.39, 0.29) is 0 Å². The lowest BCUT2D eigenvalue weighted by atomic mass is 9.95. The summed E-state index contributed by atoms with van der Waals surface area (Å²) in [7, 11) is 0. The summed E-state index contributed by atoms with van der Waals surface area (Å²) in [6.07, 6.45) is 1.80. The second-order valence-corrected chi connectivity index (χ2v) is 4.92. The lowest BCUT2D eigenvalue weighted by Crippen LogP contribution is -2.36. The summed E-state index contributed by atoms with van der Waals surface area (Å²) in [5, 5.41) is 12.3. The molecule has 3 nitrogen and oxygen atoms in total. The van der Waals surface area contributed by atoms with E-state index in [1.807, 2.05) is 18.2 Å². The van der Waals surface area contributed by atoms with Gasteiger partial charge in [-0.15, -0.1) is 0 Å². The summed E-state index contributed by atoms with van der Waals surface area (Å²) in [5.41, 5.74) is 0.738. The average Bonchev–Trinajstić information content (AvgIpc) is 2.94. The summed E-state index contributed by atoms with van der Waals surface area (Å²) in [6, 6.07) is 10.3. The molecule has 0 radical (unpaired) electrons. The minimum absolute atomic E-state index is 0.338. The molecule has 3 rings (SSSR count). The van der Waals surface area contributed by atoms with Crippen molar-refractivity contribution in [2.75, 3.05) is 6.54 Å². The molecule has 1 aromatic rings. The smallest absolute Gasteiger partial charge is 0.324 e. The zero-order valence-electron chi connectivity index (χ0n) is 9.02. The Kier molecular flexibility index (Phi) is 2.04. The van der Waals surface area contributed by atoms with Gasteiger partial charge in [-0.2, -0.15) is 0 Å². The maximum absolute atomic E-state index is 11.1. The highest BCUT2D eigenvalue weighted by Crippen LogP contribution is 2.53. The number of aliphatic carboxylic acids is 1. The number of nitrogens with one attached hydrogen (secondary N) is 1. The Balaban J connectivity index is 1.70. The molecule has 0 amide bonds. The fraction of sp³-hybridized carbons (Fsp3) is 0.462. The third-order valence-corrected chi connectivity index (χ3v) is 3.99. The normalized spacial score (nSPS) is 35.8. The molecule has 84 valence electrons. The van der Waals surface area contributed by atoms with Crippen LogP contribution in [0.15, 0.2) is 30.3 Å². The summed E-state index contributed by atoms with van der Waals surface area (Å²) in [5.74, 6) is 0.150. The van der Waals surface area contributed by atoms with E-state index >= 15 is 0 Å². The molecule has 0 bridgehead atoms. The Labute approximate surface area is 94.5 Å². The Bertz CT molecular complexity index is 417. The van der Waals surface area contributed by atoms with E-state index in [1.54, 1.807) is 0 Å². The summed E-state index contributed by atoms with van der Waals surface area (Å²) < 4.78 is 0. The molecule has 1 saturated heterocycles. The van der Waals surface area contributed by atoms with Crippen molar-refractivity contribution in [1.29, 1.82) is 0 Å². The van der Waals surface area contributed by atoms with Gasteiger partial charge in [0.25, 0.3) is 0 Å². The molecule has 16 heavy (non-hydrogen) atoms. The molecule has 1 aromatic carbocycles. The number of rotatable bonds is 3. The van der Waals surface area contributed by atoms with E-state index < -0.39 is 11.5 Å². The lowest BCUT2D eigenvalue weighted by Gasteiger charge is -2.10. The molecule has 2 fully saturated rings. The highest BCUT2D eigenvalue weighted by atomic mass is 16.4. The molecule has 2 N–H and O–H groups in total. The molecule has 1 aliphatic carbocycles. The quantitative estimate of drug-likeness (QED) is 0.802. The van der Waals surface area contributed by atoms with E-state index in [2.05, 4.69) is 17.4 Å². The maximum atomic E-state index is 11.1. The van der Waals surface area contributed by atoms with Crippen LogP contribution in [0.3, 0.4) is 0 Å². The largest absolute Gasteiger partial charge is 0.480 e. The fourth-order valence-corrected chi connectivity index (χ4v) is 2.97. The van der Waals surface area contributed by atoms with Crippen molar-refractivity contribution in [3.63, 3.8) is 0 Å². The standard InChI is InChI=1S/C13H15NO2/c15-12(16)13-7-11(13)10(8-14-13)6-9-4-2-1-3-5-9/h1-5,10-11,14H,6-8H2,(H,15,16)/t10-,11+,13+/m0/s1. The van der Waals surface area contributed by atoms with Crippen LogP contribution in [0.5, 0.6) is 0 Å². The van der Waals surface area contributed by atoms with E-state index in [9.17, 15) is 4.79 Å². The Morgan fingerprint density at radius 1 is 1.44 bits per heavy atom. The molecule has 0 aromatic heterocycles. The Morgan fingerprint density at radius 2 is 2.19 bits per heavy atom. The second-order valence-electron chi connectivity index (χ2n) is 4.92. The molecular weight excluding hydrogens is 202 g/mol. The van der Waals surface area contributed by atoms with Gasteiger partial charge in [0.2, 0.25) is 0 Å². The number of hydrogen-bond acceptors (Lipinski definition) is 2. The second kappa shape index (κ2) is 3.32. The third-order valence-electron chi connectivity index (χ3n) is 3.99. The first-order chi connectivity index (χ1) is 7.72. The molecule has 2 aliphatic rings. The first-order valence-corrected chi connectivity index (χ1v) is 5.75. The number of carbonyl (C=O) groups is 1. The van der Waals surface area contributed by atoms with Crippen molar-refractivity contribution in [1.82, 2.24) is 5.32 Å². The Hall–Kier alpha value is -1.35. The average molecular weight is 217 g/mol. The minimum atomic E-state index is -0.673. The van der Waals surface area contributed by atoms with Crippen LogP contribution in [0.1, 0.15) is 12.0 Å². The molecule has 0 spiro atoms. The van der Waals surface area contributed by atoms with Gasteiger partial charge in [-0.25, -0.2) is 0 Å². The fourth-order valence-electron chi connectivity index (χ4n) is 2.97. The molecule has 3 atom stereocenters. The molecule has 1 saturated carbocycles. The predicted molar refractivity (Wildman–Crippen MR) is 60.1 cm³/mol.